The van der Waals surface area contributed by atoms with Crippen LogP contribution in [0.2, 0.25) is 0 Å². The molecule has 0 aromatic heterocycles. The largest absolute Gasteiger partial charge is 0.466 e. The number of ether oxygens (including phenoxy) is 1. The molecule has 0 aliphatic heterocycles. The summed E-state index contributed by atoms with van der Waals surface area (Å²) >= 11 is 0. The fourth-order valence-electron chi connectivity index (χ4n) is 3.71. The van der Waals surface area contributed by atoms with Crippen molar-refractivity contribution in [2.75, 3.05) is 6.61 Å². The van der Waals surface area contributed by atoms with E-state index in [9.17, 15) is 9.90 Å². The van der Waals surface area contributed by atoms with E-state index in [1.54, 1.807) is 0 Å². The van der Waals surface area contributed by atoms with Gasteiger partial charge in [-0.3, -0.25) is 4.79 Å². The summed E-state index contributed by atoms with van der Waals surface area (Å²) in [5.41, 5.74) is 0.953. The SMILES string of the molecule is CCOC(=O)C1C(C)=CC(O)CC12CCCC2. The van der Waals surface area contributed by atoms with E-state index in [1.165, 1.54) is 0 Å². The Morgan fingerprint density at radius 1 is 1.53 bits per heavy atom. The first-order chi connectivity index (χ1) is 8.09. The molecule has 0 heterocycles. The maximum atomic E-state index is 12.1. The fraction of sp³-hybridized carbons (Fsp3) is 0.786. The first-order valence-electron chi connectivity index (χ1n) is 6.62. The number of aliphatic hydroxyl groups is 1. The van der Waals surface area contributed by atoms with E-state index in [2.05, 4.69) is 0 Å². The van der Waals surface area contributed by atoms with E-state index in [1.807, 2.05) is 19.9 Å². The van der Waals surface area contributed by atoms with Gasteiger partial charge in [-0.1, -0.05) is 24.5 Å². The van der Waals surface area contributed by atoms with Crippen molar-refractivity contribution in [3.8, 4) is 0 Å². The first kappa shape index (κ1) is 12.6. The monoisotopic (exact) mass is 238 g/mol. The highest BCUT2D eigenvalue weighted by molar-refractivity contribution is 5.77. The summed E-state index contributed by atoms with van der Waals surface area (Å²) in [5, 5.41) is 9.91. The lowest BCUT2D eigenvalue weighted by Crippen LogP contribution is -2.41. The number of hydrogen-bond donors (Lipinski definition) is 1. The zero-order chi connectivity index (χ0) is 12.5. The molecule has 2 aliphatic carbocycles. The van der Waals surface area contributed by atoms with Crippen molar-refractivity contribution in [2.45, 2.75) is 52.1 Å². The summed E-state index contributed by atoms with van der Waals surface area (Å²) in [5.74, 6) is -0.233. The van der Waals surface area contributed by atoms with Crippen LogP contribution in [0.5, 0.6) is 0 Å². The minimum Gasteiger partial charge on any atom is -0.466 e. The number of hydrogen-bond acceptors (Lipinski definition) is 3. The quantitative estimate of drug-likeness (QED) is 0.593. The van der Waals surface area contributed by atoms with Crippen LogP contribution in [0.25, 0.3) is 0 Å². The van der Waals surface area contributed by atoms with Crippen LogP contribution in [0.15, 0.2) is 11.6 Å². The summed E-state index contributed by atoms with van der Waals surface area (Å²) < 4.78 is 5.21. The van der Waals surface area contributed by atoms with E-state index in [-0.39, 0.29) is 17.3 Å². The molecule has 2 unspecified atom stereocenters. The summed E-state index contributed by atoms with van der Waals surface area (Å²) in [6.07, 6.45) is 6.56. The van der Waals surface area contributed by atoms with Gasteiger partial charge in [-0.25, -0.2) is 0 Å². The van der Waals surface area contributed by atoms with Crippen molar-refractivity contribution in [3.05, 3.63) is 11.6 Å². The zero-order valence-corrected chi connectivity index (χ0v) is 10.7. The minimum absolute atomic E-state index is 0.0372. The maximum Gasteiger partial charge on any atom is 0.313 e. The second-order valence-corrected chi connectivity index (χ2v) is 5.44. The second-order valence-electron chi connectivity index (χ2n) is 5.44. The van der Waals surface area contributed by atoms with Crippen molar-refractivity contribution in [2.24, 2.45) is 11.3 Å². The van der Waals surface area contributed by atoms with Gasteiger partial charge in [-0.05, 0) is 38.5 Å². The normalized spacial score (nSPS) is 31.4. The molecule has 2 rings (SSSR count). The van der Waals surface area contributed by atoms with Crippen LogP contribution in [0.1, 0.15) is 46.0 Å². The highest BCUT2D eigenvalue weighted by Gasteiger charge is 2.49. The van der Waals surface area contributed by atoms with Crippen LogP contribution < -0.4 is 0 Å². The number of carbonyl (C=O) groups is 1. The van der Waals surface area contributed by atoms with Crippen molar-refractivity contribution >= 4 is 5.97 Å². The summed E-state index contributed by atoms with van der Waals surface area (Å²) in [6.45, 7) is 4.22. The average molecular weight is 238 g/mol. The van der Waals surface area contributed by atoms with Gasteiger partial charge in [0, 0.05) is 0 Å². The first-order valence-corrected chi connectivity index (χ1v) is 6.62. The number of carbonyl (C=O) groups excluding carboxylic acids is 1. The van der Waals surface area contributed by atoms with Gasteiger partial charge < -0.3 is 9.84 Å². The lowest BCUT2D eigenvalue weighted by molar-refractivity contribution is -0.152. The predicted molar refractivity (Wildman–Crippen MR) is 65.4 cm³/mol. The molecule has 2 aliphatic rings. The number of esters is 1. The molecule has 0 saturated heterocycles. The highest BCUT2D eigenvalue weighted by Crippen LogP contribution is 2.53. The van der Waals surface area contributed by atoms with Crippen LogP contribution in [-0.2, 0) is 9.53 Å². The molecule has 1 saturated carbocycles. The lowest BCUT2D eigenvalue weighted by Gasteiger charge is -2.41. The molecule has 0 amide bonds. The number of rotatable bonds is 2. The van der Waals surface area contributed by atoms with Gasteiger partial charge in [0.05, 0.1) is 18.6 Å². The average Bonchev–Trinajstić information content (AvgIpc) is 2.65. The molecule has 17 heavy (non-hydrogen) atoms. The van der Waals surface area contributed by atoms with Gasteiger partial charge >= 0.3 is 5.97 Å². The van der Waals surface area contributed by atoms with E-state index in [0.717, 1.165) is 31.3 Å². The molecule has 3 nitrogen and oxygen atoms in total. The van der Waals surface area contributed by atoms with Gasteiger partial charge in [0.25, 0.3) is 0 Å². The zero-order valence-electron chi connectivity index (χ0n) is 10.7. The van der Waals surface area contributed by atoms with Gasteiger partial charge in [-0.15, -0.1) is 0 Å². The Morgan fingerprint density at radius 3 is 2.76 bits per heavy atom. The molecule has 2 atom stereocenters. The molecular weight excluding hydrogens is 216 g/mol. The van der Waals surface area contributed by atoms with Crippen molar-refractivity contribution in [1.29, 1.82) is 0 Å². The molecule has 1 fully saturated rings. The molecule has 0 aromatic carbocycles. The number of aliphatic hydroxyl groups excluding tert-OH is 1. The standard InChI is InChI=1S/C14H22O3/c1-3-17-13(16)12-10(2)8-11(15)9-14(12)6-4-5-7-14/h8,11-12,15H,3-7,9H2,1-2H3. The van der Waals surface area contributed by atoms with Gasteiger partial charge in [0.2, 0.25) is 0 Å². The molecular formula is C14H22O3. The fourth-order valence-corrected chi connectivity index (χ4v) is 3.71. The topological polar surface area (TPSA) is 46.5 Å². The van der Waals surface area contributed by atoms with Crippen molar-refractivity contribution in [1.82, 2.24) is 0 Å². The van der Waals surface area contributed by atoms with Crippen molar-refractivity contribution < 1.29 is 14.6 Å². The molecule has 0 bridgehead atoms. The molecule has 3 heteroatoms. The smallest absolute Gasteiger partial charge is 0.313 e. The van der Waals surface area contributed by atoms with Crippen molar-refractivity contribution in [3.63, 3.8) is 0 Å². The van der Waals surface area contributed by atoms with E-state index in [0.29, 0.717) is 13.0 Å². The van der Waals surface area contributed by atoms with E-state index >= 15 is 0 Å². The van der Waals surface area contributed by atoms with Crippen LogP contribution in [0.4, 0.5) is 0 Å². The van der Waals surface area contributed by atoms with Crippen LogP contribution in [-0.4, -0.2) is 23.8 Å². The Hall–Kier alpha value is -0.830. The van der Waals surface area contributed by atoms with E-state index in [4.69, 9.17) is 4.74 Å². The predicted octanol–water partition coefficient (Wildman–Crippen LogP) is 2.44. The molecule has 0 aromatic rings. The van der Waals surface area contributed by atoms with Crippen LogP contribution in [0, 0.1) is 11.3 Å². The van der Waals surface area contributed by atoms with E-state index < -0.39 is 6.10 Å². The Labute approximate surface area is 103 Å². The van der Waals surface area contributed by atoms with Crippen LogP contribution in [0.3, 0.4) is 0 Å². The third-order valence-corrected chi connectivity index (χ3v) is 4.26. The van der Waals surface area contributed by atoms with Gasteiger partial charge in [0.1, 0.15) is 0 Å². The van der Waals surface area contributed by atoms with Crippen LogP contribution >= 0.6 is 0 Å². The lowest BCUT2D eigenvalue weighted by atomic mass is 9.64. The molecule has 0 radical (unpaired) electrons. The Bertz CT molecular complexity index is 326. The molecule has 96 valence electrons. The Kier molecular flexibility index (Phi) is 3.57. The Morgan fingerprint density at radius 2 is 2.18 bits per heavy atom. The van der Waals surface area contributed by atoms with Gasteiger partial charge in [0.15, 0.2) is 0 Å². The summed E-state index contributed by atoms with van der Waals surface area (Å²) in [4.78, 5) is 12.1. The second kappa shape index (κ2) is 4.81. The molecule has 1 spiro atoms. The minimum atomic E-state index is -0.390. The summed E-state index contributed by atoms with van der Waals surface area (Å²) in [6, 6.07) is 0. The third kappa shape index (κ3) is 2.25. The maximum absolute atomic E-state index is 12.1. The summed E-state index contributed by atoms with van der Waals surface area (Å²) in [7, 11) is 0. The highest BCUT2D eigenvalue weighted by atomic mass is 16.5. The third-order valence-electron chi connectivity index (χ3n) is 4.26. The molecule has 1 N–H and O–H groups in total. The Balaban J connectivity index is 2.29. The van der Waals surface area contributed by atoms with Gasteiger partial charge in [-0.2, -0.15) is 0 Å².